The SMILES string of the molecule is CC(C)C(=O)OCC(=O)Nc1cc(Cl)ccc1[N+](=O)[O-]. The van der Waals surface area contributed by atoms with Crippen molar-refractivity contribution in [2.45, 2.75) is 13.8 Å². The molecule has 0 radical (unpaired) electrons. The summed E-state index contributed by atoms with van der Waals surface area (Å²) in [5.74, 6) is -1.56. The minimum absolute atomic E-state index is 0.0481. The number of nitro benzene ring substituents is 1. The van der Waals surface area contributed by atoms with Crippen LogP contribution >= 0.6 is 11.6 Å². The number of nitrogens with one attached hydrogen (secondary N) is 1. The zero-order valence-corrected chi connectivity index (χ0v) is 11.6. The monoisotopic (exact) mass is 300 g/mol. The second kappa shape index (κ2) is 6.85. The molecule has 20 heavy (non-hydrogen) atoms. The molecule has 1 rings (SSSR count). The summed E-state index contributed by atoms with van der Waals surface area (Å²) in [6, 6.07) is 3.77. The normalized spacial score (nSPS) is 10.2. The third kappa shape index (κ3) is 4.51. The van der Waals surface area contributed by atoms with Crippen molar-refractivity contribution >= 4 is 34.9 Å². The van der Waals surface area contributed by atoms with Gasteiger partial charge in [0, 0.05) is 11.1 Å². The molecule has 0 aliphatic rings. The van der Waals surface area contributed by atoms with Crippen LogP contribution in [0.4, 0.5) is 11.4 Å². The van der Waals surface area contributed by atoms with Crippen LogP contribution in [0.5, 0.6) is 0 Å². The first-order chi connectivity index (χ1) is 9.31. The third-order valence-electron chi connectivity index (χ3n) is 2.25. The molecular formula is C12H13ClN2O5. The number of nitrogens with zero attached hydrogens (tertiary/aromatic N) is 1. The van der Waals surface area contributed by atoms with Crippen LogP contribution in [0.2, 0.25) is 5.02 Å². The molecule has 1 aromatic carbocycles. The Balaban J connectivity index is 2.73. The van der Waals surface area contributed by atoms with E-state index in [2.05, 4.69) is 5.32 Å². The number of benzene rings is 1. The van der Waals surface area contributed by atoms with Gasteiger partial charge in [-0.15, -0.1) is 0 Å². The van der Waals surface area contributed by atoms with Crippen molar-refractivity contribution in [2.75, 3.05) is 11.9 Å². The van der Waals surface area contributed by atoms with Crippen molar-refractivity contribution < 1.29 is 19.2 Å². The highest BCUT2D eigenvalue weighted by Crippen LogP contribution is 2.27. The number of nitro groups is 1. The van der Waals surface area contributed by atoms with E-state index in [0.717, 1.165) is 0 Å². The third-order valence-corrected chi connectivity index (χ3v) is 2.48. The van der Waals surface area contributed by atoms with Crippen LogP contribution in [0.25, 0.3) is 0 Å². The van der Waals surface area contributed by atoms with Crippen LogP contribution in [-0.2, 0) is 14.3 Å². The number of carbonyl (C=O) groups is 2. The predicted octanol–water partition coefficient (Wildman–Crippen LogP) is 2.39. The maximum Gasteiger partial charge on any atom is 0.308 e. The van der Waals surface area contributed by atoms with Crippen LogP contribution in [0.15, 0.2) is 18.2 Å². The van der Waals surface area contributed by atoms with Gasteiger partial charge in [-0.3, -0.25) is 19.7 Å². The first-order valence-corrected chi connectivity index (χ1v) is 6.09. The summed E-state index contributed by atoms with van der Waals surface area (Å²) in [7, 11) is 0. The van der Waals surface area contributed by atoms with Crippen molar-refractivity contribution in [3.63, 3.8) is 0 Å². The molecule has 7 nitrogen and oxygen atoms in total. The van der Waals surface area contributed by atoms with E-state index in [0.29, 0.717) is 0 Å². The van der Waals surface area contributed by atoms with Gasteiger partial charge in [-0.2, -0.15) is 0 Å². The Hall–Kier alpha value is -2.15. The topological polar surface area (TPSA) is 98.5 Å². The molecule has 0 aliphatic heterocycles. The van der Waals surface area contributed by atoms with Crippen molar-refractivity contribution in [3.8, 4) is 0 Å². The van der Waals surface area contributed by atoms with E-state index in [-0.39, 0.29) is 22.3 Å². The van der Waals surface area contributed by atoms with Gasteiger partial charge in [-0.25, -0.2) is 0 Å². The van der Waals surface area contributed by atoms with Gasteiger partial charge in [0.1, 0.15) is 5.69 Å². The molecule has 0 saturated carbocycles. The number of halogens is 1. The number of ether oxygens (including phenoxy) is 1. The molecule has 0 aromatic heterocycles. The molecule has 1 N–H and O–H groups in total. The van der Waals surface area contributed by atoms with E-state index in [1.165, 1.54) is 18.2 Å². The minimum atomic E-state index is -0.677. The molecule has 0 atom stereocenters. The summed E-state index contributed by atoms with van der Waals surface area (Å²) in [5, 5.41) is 13.3. The highest BCUT2D eigenvalue weighted by Gasteiger charge is 2.17. The number of hydrogen-bond acceptors (Lipinski definition) is 5. The lowest BCUT2D eigenvalue weighted by atomic mass is 10.2. The Kier molecular flexibility index (Phi) is 5.45. The zero-order chi connectivity index (χ0) is 15.3. The highest BCUT2D eigenvalue weighted by atomic mass is 35.5. The largest absolute Gasteiger partial charge is 0.455 e. The van der Waals surface area contributed by atoms with Gasteiger partial charge in [0.15, 0.2) is 6.61 Å². The summed E-state index contributed by atoms with van der Waals surface area (Å²) in [6.45, 7) is 2.74. The maximum absolute atomic E-state index is 11.6. The zero-order valence-electron chi connectivity index (χ0n) is 10.9. The molecule has 8 heteroatoms. The molecule has 1 amide bonds. The Morgan fingerprint density at radius 1 is 1.45 bits per heavy atom. The lowest BCUT2D eigenvalue weighted by molar-refractivity contribution is -0.383. The van der Waals surface area contributed by atoms with Crippen LogP contribution in [0, 0.1) is 16.0 Å². The first-order valence-electron chi connectivity index (χ1n) is 5.71. The molecular weight excluding hydrogens is 288 g/mol. The summed E-state index contributed by atoms with van der Waals surface area (Å²) in [4.78, 5) is 32.9. The Labute approximate surface area is 120 Å². The molecule has 0 spiro atoms. The summed E-state index contributed by atoms with van der Waals surface area (Å²) < 4.78 is 4.71. The molecule has 1 aromatic rings. The quantitative estimate of drug-likeness (QED) is 0.511. The second-order valence-corrected chi connectivity index (χ2v) is 4.67. The summed E-state index contributed by atoms with van der Waals surface area (Å²) >= 11 is 5.71. The van der Waals surface area contributed by atoms with Gasteiger partial charge in [0.05, 0.1) is 10.8 Å². The van der Waals surface area contributed by atoms with Crippen molar-refractivity contribution in [3.05, 3.63) is 33.3 Å². The van der Waals surface area contributed by atoms with Crippen molar-refractivity contribution in [1.82, 2.24) is 0 Å². The van der Waals surface area contributed by atoms with E-state index in [4.69, 9.17) is 16.3 Å². The van der Waals surface area contributed by atoms with Gasteiger partial charge in [-0.05, 0) is 12.1 Å². The van der Waals surface area contributed by atoms with E-state index in [1.54, 1.807) is 13.8 Å². The van der Waals surface area contributed by atoms with E-state index in [9.17, 15) is 19.7 Å². The Morgan fingerprint density at radius 3 is 2.65 bits per heavy atom. The predicted molar refractivity (Wildman–Crippen MR) is 72.5 cm³/mol. The smallest absolute Gasteiger partial charge is 0.308 e. The van der Waals surface area contributed by atoms with Gasteiger partial charge in [0.2, 0.25) is 0 Å². The highest BCUT2D eigenvalue weighted by molar-refractivity contribution is 6.31. The average molecular weight is 301 g/mol. The Morgan fingerprint density at radius 2 is 2.10 bits per heavy atom. The summed E-state index contributed by atoms with van der Waals surface area (Å²) in [6.07, 6.45) is 0. The average Bonchev–Trinajstić information content (AvgIpc) is 2.35. The van der Waals surface area contributed by atoms with Gasteiger partial charge < -0.3 is 10.1 Å². The number of anilines is 1. The fraction of sp³-hybridized carbons (Fsp3) is 0.333. The molecule has 108 valence electrons. The van der Waals surface area contributed by atoms with Gasteiger partial charge >= 0.3 is 5.97 Å². The second-order valence-electron chi connectivity index (χ2n) is 4.23. The van der Waals surface area contributed by atoms with Crippen LogP contribution in [0.1, 0.15) is 13.8 Å². The maximum atomic E-state index is 11.6. The lowest BCUT2D eigenvalue weighted by Crippen LogP contribution is -2.23. The van der Waals surface area contributed by atoms with Gasteiger partial charge in [-0.1, -0.05) is 25.4 Å². The summed E-state index contributed by atoms with van der Waals surface area (Å²) in [5.41, 5.74) is -0.342. The van der Waals surface area contributed by atoms with E-state index in [1.807, 2.05) is 0 Å². The number of rotatable bonds is 5. The van der Waals surface area contributed by atoms with Crippen LogP contribution in [0.3, 0.4) is 0 Å². The molecule has 0 fully saturated rings. The fourth-order valence-corrected chi connectivity index (χ4v) is 1.43. The number of hydrogen-bond donors (Lipinski definition) is 1. The standard InChI is InChI=1S/C12H13ClN2O5/c1-7(2)12(17)20-6-11(16)14-9-5-8(13)3-4-10(9)15(18)19/h3-5,7H,6H2,1-2H3,(H,14,16). The minimum Gasteiger partial charge on any atom is -0.455 e. The van der Waals surface area contributed by atoms with Crippen LogP contribution < -0.4 is 5.32 Å². The first kappa shape index (κ1) is 15.9. The van der Waals surface area contributed by atoms with E-state index >= 15 is 0 Å². The van der Waals surface area contributed by atoms with Crippen molar-refractivity contribution in [2.24, 2.45) is 5.92 Å². The van der Waals surface area contributed by atoms with Gasteiger partial charge in [0.25, 0.3) is 11.6 Å². The lowest BCUT2D eigenvalue weighted by Gasteiger charge is -2.08. The number of amides is 1. The molecule has 0 saturated heterocycles. The fourth-order valence-electron chi connectivity index (χ4n) is 1.26. The van der Waals surface area contributed by atoms with Crippen LogP contribution in [-0.4, -0.2) is 23.4 Å². The van der Waals surface area contributed by atoms with E-state index < -0.39 is 23.4 Å². The molecule has 0 unspecified atom stereocenters. The molecule has 0 bridgehead atoms. The molecule has 0 heterocycles. The molecule has 0 aliphatic carbocycles. The Bertz CT molecular complexity index is 545. The number of esters is 1. The van der Waals surface area contributed by atoms with Crippen molar-refractivity contribution in [1.29, 1.82) is 0 Å². The number of carbonyl (C=O) groups excluding carboxylic acids is 2.